The molecule has 0 bridgehead atoms. The normalized spacial score (nSPS) is 24.1. The first kappa shape index (κ1) is 15.5. The summed E-state index contributed by atoms with van der Waals surface area (Å²) in [5.74, 6) is 0. The van der Waals surface area contributed by atoms with Gasteiger partial charge in [0.15, 0.2) is 0 Å². The monoisotopic (exact) mass is 274 g/mol. The van der Waals surface area contributed by atoms with Crippen LogP contribution in [0.3, 0.4) is 0 Å². The van der Waals surface area contributed by atoms with Crippen LogP contribution in [0.2, 0.25) is 0 Å². The number of rotatable bonds is 4. The lowest BCUT2D eigenvalue weighted by atomic mass is 9.97. The Hall–Kier alpha value is -0.860. The minimum absolute atomic E-state index is 0.628. The van der Waals surface area contributed by atoms with E-state index in [-0.39, 0.29) is 0 Å². The molecule has 112 valence electrons. The van der Waals surface area contributed by atoms with Crippen LogP contribution in [0.5, 0.6) is 0 Å². The highest BCUT2D eigenvalue weighted by Gasteiger charge is 2.25. The number of nitrogens with one attached hydrogen (secondary N) is 1. The predicted molar refractivity (Wildman–Crippen MR) is 87.2 cm³/mol. The summed E-state index contributed by atoms with van der Waals surface area (Å²) in [6.45, 7) is 14.7. The summed E-state index contributed by atoms with van der Waals surface area (Å²) in [6.07, 6.45) is 2.55. The molecule has 0 spiro atoms. The Labute approximate surface area is 124 Å². The number of hydrogen-bond donors (Lipinski definition) is 1. The van der Waals surface area contributed by atoms with Gasteiger partial charge in [-0.15, -0.1) is 0 Å². The third kappa shape index (κ3) is 3.62. The molecule has 1 fully saturated rings. The third-order valence-electron chi connectivity index (χ3n) is 4.62. The van der Waals surface area contributed by atoms with Crippen molar-refractivity contribution in [1.29, 1.82) is 0 Å². The number of hydrogen-bond acceptors (Lipinski definition) is 2. The van der Waals surface area contributed by atoms with Crippen molar-refractivity contribution in [2.75, 3.05) is 13.1 Å². The lowest BCUT2D eigenvalue weighted by Crippen LogP contribution is -2.54. The Kier molecular flexibility index (Phi) is 5.22. The molecule has 1 saturated heterocycles. The zero-order valence-corrected chi connectivity index (χ0v) is 13.8. The molecule has 2 nitrogen and oxygen atoms in total. The molecule has 1 N–H and O–H groups in total. The first-order valence-electron chi connectivity index (χ1n) is 8.05. The van der Waals surface area contributed by atoms with Crippen molar-refractivity contribution in [2.24, 2.45) is 0 Å². The molecule has 2 unspecified atom stereocenters. The summed E-state index contributed by atoms with van der Waals surface area (Å²) in [4.78, 5) is 2.65. The summed E-state index contributed by atoms with van der Waals surface area (Å²) >= 11 is 0. The van der Waals surface area contributed by atoms with Crippen molar-refractivity contribution in [3.8, 4) is 0 Å². The molecule has 0 aromatic heterocycles. The minimum atomic E-state index is 0.628. The number of aryl methyl sites for hydroxylation is 3. The lowest BCUT2D eigenvalue weighted by molar-refractivity contribution is 0.129. The summed E-state index contributed by atoms with van der Waals surface area (Å²) in [5, 5.41) is 3.68. The van der Waals surface area contributed by atoms with Crippen LogP contribution in [0.25, 0.3) is 0 Å². The van der Waals surface area contributed by atoms with Crippen LogP contribution < -0.4 is 5.32 Å². The highest BCUT2D eigenvalue weighted by molar-refractivity contribution is 5.37. The standard InChI is InChI=1S/C18H30N2/c1-6-7-17-11-20(16(5)10-19-17)12-18-14(3)8-13(2)9-15(18)4/h8-9,16-17,19H,6-7,10-12H2,1-5H3. The molecule has 2 atom stereocenters. The van der Waals surface area contributed by atoms with E-state index in [1.165, 1.54) is 41.6 Å². The van der Waals surface area contributed by atoms with Gasteiger partial charge in [0.1, 0.15) is 0 Å². The Morgan fingerprint density at radius 2 is 1.85 bits per heavy atom. The van der Waals surface area contributed by atoms with E-state index < -0.39 is 0 Å². The van der Waals surface area contributed by atoms with E-state index in [1.54, 1.807) is 0 Å². The number of piperazine rings is 1. The molecule has 0 aliphatic carbocycles. The fourth-order valence-corrected chi connectivity index (χ4v) is 3.42. The molecule has 0 radical (unpaired) electrons. The zero-order chi connectivity index (χ0) is 14.7. The van der Waals surface area contributed by atoms with Crippen molar-refractivity contribution < 1.29 is 0 Å². The van der Waals surface area contributed by atoms with Gasteiger partial charge in [-0.1, -0.05) is 31.0 Å². The van der Waals surface area contributed by atoms with E-state index >= 15 is 0 Å². The second kappa shape index (κ2) is 6.73. The van der Waals surface area contributed by atoms with Gasteiger partial charge >= 0.3 is 0 Å². The summed E-state index contributed by atoms with van der Waals surface area (Å²) < 4.78 is 0. The second-order valence-electron chi connectivity index (χ2n) is 6.55. The number of benzene rings is 1. The van der Waals surface area contributed by atoms with Gasteiger partial charge in [0, 0.05) is 31.7 Å². The molecule has 1 aliphatic rings. The van der Waals surface area contributed by atoms with Crippen LogP contribution in [0.15, 0.2) is 12.1 Å². The van der Waals surface area contributed by atoms with Gasteiger partial charge in [0.25, 0.3) is 0 Å². The SMILES string of the molecule is CCCC1CN(Cc2c(C)cc(C)cc2C)C(C)CN1. The van der Waals surface area contributed by atoms with Crippen LogP contribution in [-0.4, -0.2) is 30.1 Å². The fourth-order valence-electron chi connectivity index (χ4n) is 3.42. The van der Waals surface area contributed by atoms with E-state index in [1.807, 2.05) is 0 Å². The molecule has 0 amide bonds. The third-order valence-corrected chi connectivity index (χ3v) is 4.62. The van der Waals surface area contributed by atoms with Crippen molar-refractivity contribution >= 4 is 0 Å². The van der Waals surface area contributed by atoms with Gasteiger partial charge in [0.05, 0.1) is 0 Å². The van der Waals surface area contributed by atoms with Gasteiger partial charge in [-0.25, -0.2) is 0 Å². The van der Waals surface area contributed by atoms with Crippen molar-refractivity contribution in [3.63, 3.8) is 0 Å². The molecule has 2 rings (SSSR count). The largest absolute Gasteiger partial charge is 0.311 e. The maximum atomic E-state index is 3.68. The summed E-state index contributed by atoms with van der Waals surface area (Å²) in [7, 11) is 0. The molecule has 1 heterocycles. The Morgan fingerprint density at radius 3 is 2.45 bits per heavy atom. The zero-order valence-electron chi connectivity index (χ0n) is 13.8. The highest BCUT2D eigenvalue weighted by Crippen LogP contribution is 2.21. The quantitative estimate of drug-likeness (QED) is 0.903. The predicted octanol–water partition coefficient (Wildman–Crippen LogP) is 3.57. The molecule has 1 aliphatic heterocycles. The topological polar surface area (TPSA) is 15.3 Å². The molecular weight excluding hydrogens is 244 g/mol. The smallest absolute Gasteiger partial charge is 0.0243 e. The van der Waals surface area contributed by atoms with E-state index in [4.69, 9.17) is 0 Å². The molecule has 1 aromatic carbocycles. The van der Waals surface area contributed by atoms with Crippen LogP contribution in [0.1, 0.15) is 48.9 Å². The Morgan fingerprint density at radius 1 is 1.20 bits per heavy atom. The molecule has 20 heavy (non-hydrogen) atoms. The molecule has 1 aromatic rings. The van der Waals surface area contributed by atoms with Gasteiger partial charge < -0.3 is 5.32 Å². The summed E-state index contributed by atoms with van der Waals surface area (Å²) in [5.41, 5.74) is 5.79. The van der Waals surface area contributed by atoms with Crippen molar-refractivity contribution in [2.45, 2.75) is 66.1 Å². The van der Waals surface area contributed by atoms with E-state index in [9.17, 15) is 0 Å². The van der Waals surface area contributed by atoms with Gasteiger partial charge in [-0.2, -0.15) is 0 Å². The summed E-state index contributed by atoms with van der Waals surface area (Å²) in [6, 6.07) is 5.93. The van der Waals surface area contributed by atoms with Crippen LogP contribution >= 0.6 is 0 Å². The van der Waals surface area contributed by atoms with Gasteiger partial charge in [-0.3, -0.25) is 4.90 Å². The molecule has 2 heteroatoms. The average molecular weight is 274 g/mol. The maximum Gasteiger partial charge on any atom is 0.0243 e. The van der Waals surface area contributed by atoms with Gasteiger partial charge in [0.2, 0.25) is 0 Å². The highest BCUT2D eigenvalue weighted by atomic mass is 15.2. The Bertz CT molecular complexity index is 430. The van der Waals surface area contributed by atoms with Crippen LogP contribution in [-0.2, 0) is 6.54 Å². The second-order valence-corrected chi connectivity index (χ2v) is 6.55. The minimum Gasteiger partial charge on any atom is -0.311 e. The average Bonchev–Trinajstić information content (AvgIpc) is 2.37. The van der Waals surface area contributed by atoms with Crippen molar-refractivity contribution in [1.82, 2.24) is 10.2 Å². The maximum absolute atomic E-state index is 3.68. The first-order chi connectivity index (χ1) is 9.51. The van der Waals surface area contributed by atoms with Crippen LogP contribution in [0.4, 0.5) is 0 Å². The van der Waals surface area contributed by atoms with Crippen LogP contribution in [0, 0.1) is 20.8 Å². The first-order valence-corrected chi connectivity index (χ1v) is 8.05. The van der Waals surface area contributed by atoms with E-state index in [0.29, 0.717) is 12.1 Å². The van der Waals surface area contributed by atoms with Crippen molar-refractivity contribution in [3.05, 3.63) is 34.4 Å². The van der Waals surface area contributed by atoms with Gasteiger partial charge in [-0.05, 0) is 50.8 Å². The number of nitrogens with zero attached hydrogens (tertiary/aromatic N) is 1. The van der Waals surface area contributed by atoms with E-state index in [2.05, 4.69) is 57.0 Å². The Balaban J connectivity index is 2.11. The van der Waals surface area contributed by atoms with E-state index in [0.717, 1.165) is 13.1 Å². The lowest BCUT2D eigenvalue weighted by Gasteiger charge is -2.39. The molecular formula is C18H30N2. The fraction of sp³-hybridized carbons (Fsp3) is 0.667. The molecule has 0 saturated carbocycles.